The van der Waals surface area contributed by atoms with E-state index in [1.165, 1.54) is 0 Å². The smallest absolute Gasteiger partial charge is 0.236 e. The molecule has 0 aliphatic carbocycles. The van der Waals surface area contributed by atoms with Crippen molar-refractivity contribution < 1.29 is 4.79 Å². The lowest BCUT2D eigenvalue weighted by molar-refractivity contribution is -0.116. The van der Waals surface area contributed by atoms with Gasteiger partial charge in [0.25, 0.3) is 0 Å². The minimum Gasteiger partial charge on any atom is -0.339 e. The van der Waals surface area contributed by atoms with Crippen LogP contribution in [0.1, 0.15) is 17.0 Å². The number of benzene rings is 4. The predicted molar refractivity (Wildman–Crippen MR) is 156 cm³/mol. The van der Waals surface area contributed by atoms with Crippen LogP contribution in [-0.2, 0) is 4.79 Å². The minimum absolute atomic E-state index is 0.0688. The highest BCUT2D eigenvalue weighted by atomic mass is 79.9. The molecule has 1 aliphatic heterocycles. The van der Waals surface area contributed by atoms with Gasteiger partial charge in [0.1, 0.15) is 11.3 Å². The maximum Gasteiger partial charge on any atom is 0.236 e. The van der Waals surface area contributed by atoms with Gasteiger partial charge in [0, 0.05) is 26.3 Å². The van der Waals surface area contributed by atoms with Crippen LogP contribution in [0, 0.1) is 0 Å². The highest BCUT2D eigenvalue weighted by Gasteiger charge is 2.38. The van der Waals surface area contributed by atoms with Gasteiger partial charge in [-0.3, -0.25) is 4.79 Å². The third-order valence-corrected chi connectivity index (χ3v) is 7.73. The second kappa shape index (κ2) is 9.01. The summed E-state index contributed by atoms with van der Waals surface area (Å²) in [5, 5.41) is 9.75. The van der Waals surface area contributed by atoms with Crippen molar-refractivity contribution in [1.29, 1.82) is 0 Å². The average molecular weight is 580 g/mol. The SMILES string of the molecule is O=C1Nc2ccc(Br)cc2C1c1c(-c2ccc(Cl)cc2)[nH]c2c1c(-c1ccccc1)nn2-c1ccccc1. The van der Waals surface area contributed by atoms with Gasteiger partial charge in [0.05, 0.1) is 22.7 Å². The van der Waals surface area contributed by atoms with E-state index in [1.807, 2.05) is 95.7 Å². The van der Waals surface area contributed by atoms with Gasteiger partial charge in [-0.1, -0.05) is 88.2 Å². The van der Waals surface area contributed by atoms with E-state index in [1.54, 1.807) is 0 Å². The fourth-order valence-corrected chi connectivity index (χ4v) is 5.81. The monoisotopic (exact) mass is 578 g/mol. The highest BCUT2D eigenvalue weighted by molar-refractivity contribution is 9.10. The highest BCUT2D eigenvalue weighted by Crippen LogP contribution is 2.47. The molecule has 3 heterocycles. The summed E-state index contributed by atoms with van der Waals surface area (Å²) in [6.45, 7) is 0. The number of amides is 1. The molecule has 4 aromatic carbocycles. The average Bonchev–Trinajstić information content (AvgIpc) is 3.60. The lowest BCUT2D eigenvalue weighted by Gasteiger charge is -2.13. The molecule has 0 radical (unpaired) electrons. The quantitative estimate of drug-likeness (QED) is 0.221. The number of halogens is 2. The summed E-state index contributed by atoms with van der Waals surface area (Å²) < 4.78 is 2.84. The Kier molecular flexibility index (Phi) is 5.46. The van der Waals surface area contributed by atoms with E-state index in [-0.39, 0.29) is 5.91 Å². The van der Waals surface area contributed by atoms with Crippen LogP contribution in [0.4, 0.5) is 5.69 Å². The second-order valence-corrected chi connectivity index (χ2v) is 10.6. The summed E-state index contributed by atoms with van der Waals surface area (Å²) in [6, 6.07) is 33.7. The zero-order valence-corrected chi connectivity index (χ0v) is 22.3. The van der Waals surface area contributed by atoms with E-state index in [9.17, 15) is 4.79 Å². The number of nitrogens with one attached hydrogen (secondary N) is 2. The van der Waals surface area contributed by atoms with Gasteiger partial charge in [-0.2, -0.15) is 5.10 Å². The summed E-state index contributed by atoms with van der Waals surface area (Å²) >= 11 is 9.85. The standard InChI is InChI=1S/C31H20BrClN4O/c32-20-13-16-24-23(17-20)25(31(38)34-24)26-27-29(18-7-3-1-4-8-18)36-37(22-9-5-2-6-10-22)30(27)35-28(26)19-11-14-21(33)15-12-19/h1-17,25,35H,(H,34,38). The van der Waals surface area contributed by atoms with Crippen molar-refractivity contribution in [2.45, 2.75) is 5.92 Å². The second-order valence-electron chi connectivity index (χ2n) is 9.26. The number of carbonyl (C=O) groups is 1. The summed E-state index contributed by atoms with van der Waals surface area (Å²) in [6.07, 6.45) is 0. The van der Waals surface area contributed by atoms with Crippen molar-refractivity contribution in [3.63, 3.8) is 0 Å². The maximum atomic E-state index is 13.7. The molecule has 1 aliphatic rings. The third kappa shape index (κ3) is 3.68. The number of para-hydroxylation sites is 1. The van der Waals surface area contributed by atoms with Crippen molar-refractivity contribution in [2.24, 2.45) is 0 Å². The predicted octanol–water partition coefficient (Wildman–Crippen LogP) is 8.19. The van der Waals surface area contributed by atoms with Crippen LogP contribution in [0.15, 0.2) is 108 Å². The topological polar surface area (TPSA) is 62.7 Å². The molecule has 7 heteroatoms. The number of rotatable bonds is 4. The molecule has 38 heavy (non-hydrogen) atoms. The number of H-pyrrole nitrogens is 1. The molecule has 1 amide bonds. The van der Waals surface area contributed by atoms with Crippen LogP contribution >= 0.6 is 27.5 Å². The fourth-order valence-electron chi connectivity index (χ4n) is 5.31. The molecule has 1 atom stereocenters. The van der Waals surface area contributed by atoms with Crippen LogP contribution in [0.3, 0.4) is 0 Å². The molecule has 1 unspecified atom stereocenters. The van der Waals surface area contributed by atoms with Gasteiger partial charge < -0.3 is 10.3 Å². The first-order chi connectivity index (χ1) is 18.6. The Bertz CT molecular complexity index is 1830. The molecule has 5 nitrogen and oxygen atoms in total. The van der Waals surface area contributed by atoms with Gasteiger partial charge in [-0.15, -0.1) is 0 Å². The Morgan fingerprint density at radius 1 is 0.842 bits per heavy atom. The van der Waals surface area contributed by atoms with Crippen LogP contribution in [0.5, 0.6) is 0 Å². The van der Waals surface area contributed by atoms with Crippen molar-refractivity contribution >= 4 is 50.2 Å². The minimum atomic E-state index is -0.530. The van der Waals surface area contributed by atoms with Gasteiger partial charge in [-0.25, -0.2) is 4.68 Å². The fraction of sp³-hybridized carbons (Fsp3) is 0.0323. The molecule has 2 N–H and O–H groups in total. The van der Waals surface area contributed by atoms with Gasteiger partial charge in [-0.05, 0) is 53.6 Å². The number of hydrogen-bond donors (Lipinski definition) is 2. The van der Waals surface area contributed by atoms with Gasteiger partial charge >= 0.3 is 0 Å². The van der Waals surface area contributed by atoms with E-state index < -0.39 is 5.92 Å². The Morgan fingerprint density at radius 3 is 2.29 bits per heavy atom. The number of anilines is 1. The summed E-state index contributed by atoms with van der Waals surface area (Å²) in [5.41, 5.74) is 7.97. The number of aromatic nitrogens is 3. The van der Waals surface area contributed by atoms with E-state index in [0.29, 0.717) is 5.02 Å². The number of carbonyl (C=O) groups excluding carboxylic acids is 1. The Hall–Kier alpha value is -4.13. The Labute approximate surface area is 232 Å². The largest absolute Gasteiger partial charge is 0.339 e. The van der Waals surface area contributed by atoms with Crippen LogP contribution in [-0.4, -0.2) is 20.7 Å². The Balaban J connectivity index is 1.61. The Morgan fingerprint density at radius 2 is 1.55 bits per heavy atom. The van der Waals surface area contributed by atoms with Crippen molar-refractivity contribution in [3.05, 3.63) is 124 Å². The summed E-state index contributed by atoms with van der Waals surface area (Å²) in [7, 11) is 0. The van der Waals surface area contributed by atoms with Gasteiger partial charge in [0.2, 0.25) is 5.91 Å². The first kappa shape index (κ1) is 23.0. The van der Waals surface area contributed by atoms with E-state index in [2.05, 4.69) is 38.4 Å². The van der Waals surface area contributed by atoms with Gasteiger partial charge in [0.15, 0.2) is 0 Å². The molecule has 6 aromatic rings. The van der Waals surface area contributed by atoms with E-state index in [4.69, 9.17) is 16.7 Å². The number of nitrogens with zero attached hydrogens (tertiary/aromatic N) is 2. The van der Waals surface area contributed by atoms with Crippen LogP contribution in [0.2, 0.25) is 5.02 Å². The molecule has 0 saturated carbocycles. The van der Waals surface area contributed by atoms with E-state index in [0.717, 1.165) is 60.5 Å². The molecule has 0 fully saturated rings. The zero-order valence-electron chi connectivity index (χ0n) is 20.0. The van der Waals surface area contributed by atoms with Crippen molar-refractivity contribution in [3.8, 4) is 28.2 Å². The number of fused-ring (bicyclic) bond motifs is 2. The first-order valence-corrected chi connectivity index (χ1v) is 13.4. The molecular formula is C31H20BrClN4O. The number of aromatic amines is 1. The maximum absolute atomic E-state index is 13.7. The van der Waals surface area contributed by atoms with Crippen molar-refractivity contribution in [1.82, 2.24) is 14.8 Å². The lowest BCUT2D eigenvalue weighted by Crippen LogP contribution is -2.14. The summed E-state index contributed by atoms with van der Waals surface area (Å²) in [5.74, 6) is -0.599. The third-order valence-electron chi connectivity index (χ3n) is 6.98. The molecular weight excluding hydrogens is 560 g/mol. The molecule has 0 spiro atoms. The zero-order chi connectivity index (χ0) is 25.8. The lowest BCUT2D eigenvalue weighted by atomic mass is 9.88. The summed E-state index contributed by atoms with van der Waals surface area (Å²) in [4.78, 5) is 17.3. The molecule has 184 valence electrons. The van der Waals surface area contributed by atoms with Crippen LogP contribution < -0.4 is 5.32 Å². The molecule has 7 rings (SSSR count). The van der Waals surface area contributed by atoms with Crippen molar-refractivity contribution in [2.75, 3.05) is 5.32 Å². The molecule has 0 bridgehead atoms. The van der Waals surface area contributed by atoms with E-state index >= 15 is 0 Å². The molecule has 2 aromatic heterocycles. The molecule has 0 saturated heterocycles. The first-order valence-electron chi connectivity index (χ1n) is 12.2. The number of hydrogen-bond acceptors (Lipinski definition) is 2. The normalized spacial score (nSPS) is 14.6. The van der Waals surface area contributed by atoms with Crippen LogP contribution in [0.25, 0.3) is 39.2 Å².